The van der Waals surface area contributed by atoms with Crippen LogP contribution in [0.4, 0.5) is 0 Å². The number of halogens is 1. The van der Waals surface area contributed by atoms with Gasteiger partial charge >= 0.3 is 0 Å². The Bertz CT molecular complexity index is 669. The topological polar surface area (TPSA) is 54.2 Å². The fourth-order valence-electron chi connectivity index (χ4n) is 1.92. The maximum Gasteiger partial charge on any atom is 0.247 e. The Morgan fingerprint density at radius 1 is 1.39 bits per heavy atom. The minimum absolute atomic E-state index is 0.200. The van der Waals surface area contributed by atoms with Crippen molar-refractivity contribution >= 4 is 28.9 Å². The Kier molecular flexibility index (Phi) is 6.12. The molecule has 2 rings (SSSR count). The lowest BCUT2D eigenvalue weighted by molar-refractivity contribution is 0.302. The highest BCUT2D eigenvalue weighted by atomic mass is 35.5. The van der Waals surface area contributed by atoms with Crippen LogP contribution in [0.25, 0.3) is 11.5 Å². The van der Waals surface area contributed by atoms with Crippen LogP contribution in [0.2, 0.25) is 5.02 Å². The molecule has 1 heterocycles. The Balaban J connectivity index is 2.10. The molecule has 0 aliphatic heterocycles. The van der Waals surface area contributed by atoms with Gasteiger partial charge in [0.05, 0.1) is 6.54 Å². The highest BCUT2D eigenvalue weighted by Crippen LogP contribution is 2.21. The SMILES string of the molecule is C=CCNC(=S)N(Cc1nnc(-c2ccc(Cl)cc2)o1)C(C)C. The highest BCUT2D eigenvalue weighted by Gasteiger charge is 2.17. The van der Waals surface area contributed by atoms with E-state index in [1.807, 2.05) is 17.0 Å². The van der Waals surface area contributed by atoms with E-state index in [1.54, 1.807) is 18.2 Å². The van der Waals surface area contributed by atoms with Gasteiger partial charge in [-0.05, 0) is 50.3 Å². The predicted molar refractivity (Wildman–Crippen MR) is 96.2 cm³/mol. The van der Waals surface area contributed by atoms with E-state index in [0.29, 0.717) is 35.0 Å². The second kappa shape index (κ2) is 8.08. The average Bonchev–Trinajstić information content (AvgIpc) is 2.99. The van der Waals surface area contributed by atoms with Gasteiger partial charge in [-0.25, -0.2) is 0 Å². The van der Waals surface area contributed by atoms with Gasteiger partial charge in [-0.15, -0.1) is 16.8 Å². The highest BCUT2D eigenvalue weighted by molar-refractivity contribution is 7.80. The zero-order valence-electron chi connectivity index (χ0n) is 13.1. The van der Waals surface area contributed by atoms with Crippen molar-refractivity contribution in [2.45, 2.75) is 26.4 Å². The summed E-state index contributed by atoms with van der Waals surface area (Å²) in [5, 5.41) is 12.6. The Labute approximate surface area is 146 Å². The van der Waals surface area contributed by atoms with Crippen LogP contribution in [-0.2, 0) is 6.54 Å². The summed E-state index contributed by atoms with van der Waals surface area (Å²) in [5.74, 6) is 0.969. The van der Waals surface area contributed by atoms with Gasteiger partial charge in [0.2, 0.25) is 11.8 Å². The van der Waals surface area contributed by atoms with Crippen LogP contribution in [0.1, 0.15) is 19.7 Å². The zero-order chi connectivity index (χ0) is 16.8. The van der Waals surface area contributed by atoms with Gasteiger partial charge in [0.25, 0.3) is 0 Å². The van der Waals surface area contributed by atoms with Crippen LogP contribution in [0, 0.1) is 0 Å². The lowest BCUT2D eigenvalue weighted by Crippen LogP contribution is -2.43. The Morgan fingerprint density at radius 2 is 2.09 bits per heavy atom. The van der Waals surface area contributed by atoms with Crippen LogP contribution < -0.4 is 5.32 Å². The molecule has 0 aliphatic carbocycles. The molecule has 2 aromatic rings. The molecule has 0 aliphatic rings. The normalized spacial score (nSPS) is 10.6. The molecular formula is C16H19ClN4OS. The molecule has 0 unspecified atom stereocenters. The predicted octanol–water partition coefficient (Wildman–Crippen LogP) is 3.66. The summed E-state index contributed by atoms with van der Waals surface area (Å²) in [5.41, 5.74) is 0.830. The summed E-state index contributed by atoms with van der Waals surface area (Å²) in [6.07, 6.45) is 1.76. The average molecular weight is 351 g/mol. The van der Waals surface area contributed by atoms with Gasteiger partial charge in [0, 0.05) is 23.2 Å². The standard InChI is InChI=1S/C16H19ClN4OS/c1-4-9-18-16(23)21(11(2)3)10-14-19-20-15(22-14)12-5-7-13(17)8-6-12/h4-8,11H,1,9-10H2,2-3H3,(H,18,23). The van der Waals surface area contributed by atoms with Crippen molar-refractivity contribution in [2.75, 3.05) is 6.54 Å². The van der Waals surface area contributed by atoms with Gasteiger partial charge < -0.3 is 14.6 Å². The summed E-state index contributed by atoms with van der Waals surface area (Å²) < 4.78 is 5.73. The van der Waals surface area contributed by atoms with E-state index in [-0.39, 0.29) is 6.04 Å². The molecule has 0 radical (unpaired) electrons. The number of benzene rings is 1. The largest absolute Gasteiger partial charge is 0.419 e. The molecule has 1 aromatic carbocycles. The van der Waals surface area contributed by atoms with Crippen LogP contribution in [0.15, 0.2) is 41.3 Å². The van der Waals surface area contributed by atoms with Crippen molar-refractivity contribution in [2.24, 2.45) is 0 Å². The smallest absolute Gasteiger partial charge is 0.247 e. The van der Waals surface area contributed by atoms with E-state index in [0.717, 1.165) is 5.56 Å². The fourth-order valence-corrected chi connectivity index (χ4v) is 2.41. The van der Waals surface area contributed by atoms with Crippen molar-refractivity contribution < 1.29 is 4.42 Å². The molecule has 0 fully saturated rings. The Morgan fingerprint density at radius 3 is 2.70 bits per heavy atom. The van der Waals surface area contributed by atoms with Gasteiger partial charge in [0.1, 0.15) is 0 Å². The second-order valence-corrected chi connectivity index (χ2v) is 6.03. The Hall–Kier alpha value is -1.92. The van der Waals surface area contributed by atoms with Crippen LogP contribution >= 0.6 is 23.8 Å². The van der Waals surface area contributed by atoms with Crippen molar-refractivity contribution in [1.29, 1.82) is 0 Å². The molecule has 1 aromatic heterocycles. The number of thiocarbonyl (C=S) groups is 1. The molecule has 0 saturated carbocycles. The first kappa shape index (κ1) is 17.4. The molecule has 0 spiro atoms. The minimum Gasteiger partial charge on any atom is -0.419 e. The minimum atomic E-state index is 0.200. The van der Waals surface area contributed by atoms with Crippen molar-refractivity contribution in [3.63, 3.8) is 0 Å². The zero-order valence-corrected chi connectivity index (χ0v) is 14.7. The number of aromatic nitrogens is 2. The number of nitrogens with one attached hydrogen (secondary N) is 1. The lowest BCUT2D eigenvalue weighted by atomic mass is 10.2. The lowest BCUT2D eigenvalue weighted by Gasteiger charge is -2.27. The van der Waals surface area contributed by atoms with Gasteiger partial charge in [-0.3, -0.25) is 0 Å². The maximum atomic E-state index is 5.88. The summed E-state index contributed by atoms with van der Waals surface area (Å²) >= 11 is 11.3. The number of hydrogen-bond acceptors (Lipinski definition) is 4. The molecule has 0 amide bonds. The molecular weight excluding hydrogens is 332 g/mol. The third-order valence-electron chi connectivity index (χ3n) is 3.15. The number of hydrogen-bond donors (Lipinski definition) is 1. The molecule has 5 nitrogen and oxygen atoms in total. The first-order chi connectivity index (χ1) is 11.0. The third-order valence-corrected chi connectivity index (χ3v) is 3.78. The van der Waals surface area contributed by atoms with E-state index >= 15 is 0 Å². The molecule has 1 N–H and O–H groups in total. The van der Waals surface area contributed by atoms with Gasteiger partial charge in [-0.2, -0.15) is 0 Å². The van der Waals surface area contributed by atoms with Crippen molar-refractivity contribution in [3.05, 3.63) is 47.8 Å². The third kappa shape index (κ3) is 4.77. The van der Waals surface area contributed by atoms with E-state index in [2.05, 4.69) is 35.9 Å². The first-order valence-electron chi connectivity index (χ1n) is 7.25. The van der Waals surface area contributed by atoms with E-state index in [4.69, 9.17) is 28.2 Å². The van der Waals surface area contributed by atoms with Crippen LogP contribution in [-0.4, -0.2) is 32.8 Å². The summed E-state index contributed by atoms with van der Waals surface area (Å²) in [6.45, 7) is 8.84. The van der Waals surface area contributed by atoms with Crippen LogP contribution in [0.5, 0.6) is 0 Å². The van der Waals surface area contributed by atoms with E-state index < -0.39 is 0 Å². The van der Waals surface area contributed by atoms with Gasteiger partial charge in [-0.1, -0.05) is 17.7 Å². The summed E-state index contributed by atoms with van der Waals surface area (Å²) in [7, 11) is 0. The molecule has 23 heavy (non-hydrogen) atoms. The summed E-state index contributed by atoms with van der Waals surface area (Å²) in [6, 6.07) is 7.46. The van der Waals surface area contributed by atoms with Crippen LogP contribution in [0.3, 0.4) is 0 Å². The van der Waals surface area contributed by atoms with E-state index in [9.17, 15) is 0 Å². The fraction of sp³-hybridized carbons (Fsp3) is 0.312. The monoisotopic (exact) mass is 350 g/mol. The van der Waals surface area contributed by atoms with Gasteiger partial charge in [0.15, 0.2) is 5.11 Å². The maximum absolute atomic E-state index is 5.88. The van der Waals surface area contributed by atoms with E-state index in [1.165, 1.54) is 0 Å². The first-order valence-corrected chi connectivity index (χ1v) is 8.03. The molecule has 0 saturated heterocycles. The molecule has 7 heteroatoms. The second-order valence-electron chi connectivity index (χ2n) is 5.20. The summed E-state index contributed by atoms with van der Waals surface area (Å²) in [4.78, 5) is 1.98. The molecule has 0 bridgehead atoms. The molecule has 0 atom stereocenters. The number of rotatable bonds is 6. The van der Waals surface area contributed by atoms with Crippen molar-refractivity contribution in [3.8, 4) is 11.5 Å². The quantitative estimate of drug-likeness (QED) is 0.633. The number of nitrogens with zero attached hydrogens (tertiary/aromatic N) is 3. The van der Waals surface area contributed by atoms with Crippen molar-refractivity contribution in [1.82, 2.24) is 20.4 Å². The molecule has 122 valence electrons.